The van der Waals surface area contributed by atoms with E-state index >= 15 is 0 Å². The third kappa shape index (κ3) is 2.77. The second kappa shape index (κ2) is 6.07. The number of rotatable bonds is 3. The van der Waals surface area contributed by atoms with Crippen LogP contribution in [0.4, 0.5) is 11.4 Å². The first kappa shape index (κ1) is 16.2. The van der Waals surface area contributed by atoms with Gasteiger partial charge in [0, 0.05) is 12.2 Å². The number of benzene rings is 1. The number of carbonyl (C=O) groups is 1. The Morgan fingerprint density at radius 2 is 2.08 bits per heavy atom. The smallest absolute Gasteiger partial charge is 0.311 e. The summed E-state index contributed by atoms with van der Waals surface area (Å²) in [6, 6.07) is 6.09. The largest absolute Gasteiger partial charge is 0.312 e. The second-order valence-electron chi connectivity index (χ2n) is 6.22. The maximum atomic E-state index is 12.8. The van der Waals surface area contributed by atoms with Crippen molar-refractivity contribution in [2.45, 2.75) is 40.2 Å². The van der Waals surface area contributed by atoms with Gasteiger partial charge in [0.2, 0.25) is 5.91 Å². The van der Waals surface area contributed by atoms with E-state index in [2.05, 4.69) is 11.2 Å². The van der Waals surface area contributed by atoms with E-state index in [0.717, 1.165) is 18.5 Å². The number of nitro groups is 1. The maximum absolute atomic E-state index is 12.8. The van der Waals surface area contributed by atoms with Crippen molar-refractivity contribution in [1.82, 2.24) is 9.78 Å². The number of fused-ring (bicyclic) bond motifs is 1. The molecule has 0 bridgehead atoms. The van der Waals surface area contributed by atoms with Crippen molar-refractivity contribution >= 4 is 17.3 Å². The summed E-state index contributed by atoms with van der Waals surface area (Å²) in [4.78, 5) is 25.2. The zero-order valence-electron chi connectivity index (χ0n) is 14.1. The van der Waals surface area contributed by atoms with Crippen LogP contribution in [0.15, 0.2) is 18.2 Å². The Morgan fingerprint density at radius 1 is 1.33 bits per heavy atom. The minimum atomic E-state index is -0.447. The van der Waals surface area contributed by atoms with Crippen LogP contribution in [-0.4, -0.2) is 27.2 Å². The van der Waals surface area contributed by atoms with Crippen LogP contribution in [0, 0.1) is 30.9 Å². The van der Waals surface area contributed by atoms with Gasteiger partial charge in [-0.1, -0.05) is 17.7 Å². The highest BCUT2D eigenvalue weighted by Gasteiger charge is 2.26. The van der Waals surface area contributed by atoms with Crippen molar-refractivity contribution in [3.05, 3.63) is 50.8 Å². The standard InChI is InChI=1S/C17H20N4O3/c1-11-6-7-15-14(9-11)5-4-8-19(15)16(22)10-20-13(3)17(21(23)24)12(2)18-20/h6-7,9H,4-5,8,10H2,1-3H3. The lowest BCUT2D eigenvalue weighted by Crippen LogP contribution is -2.38. The Hall–Kier alpha value is -2.70. The van der Waals surface area contributed by atoms with Gasteiger partial charge in [-0.25, -0.2) is 0 Å². The van der Waals surface area contributed by atoms with Crippen molar-refractivity contribution in [1.29, 1.82) is 0 Å². The topological polar surface area (TPSA) is 81.3 Å². The van der Waals surface area contributed by atoms with Gasteiger partial charge in [0.15, 0.2) is 0 Å². The normalized spacial score (nSPS) is 13.7. The van der Waals surface area contributed by atoms with Gasteiger partial charge in [0.05, 0.1) is 4.92 Å². The first-order valence-corrected chi connectivity index (χ1v) is 7.96. The van der Waals surface area contributed by atoms with Crippen molar-refractivity contribution in [2.75, 3.05) is 11.4 Å². The van der Waals surface area contributed by atoms with Gasteiger partial charge in [-0.2, -0.15) is 5.10 Å². The molecule has 1 amide bonds. The summed E-state index contributed by atoms with van der Waals surface area (Å²) >= 11 is 0. The van der Waals surface area contributed by atoms with Gasteiger partial charge in [-0.05, 0) is 45.2 Å². The van der Waals surface area contributed by atoms with E-state index in [0.29, 0.717) is 17.9 Å². The van der Waals surface area contributed by atoms with Crippen LogP contribution in [0.3, 0.4) is 0 Å². The average Bonchev–Trinajstić information content (AvgIpc) is 2.80. The van der Waals surface area contributed by atoms with Crippen LogP contribution in [0.2, 0.25) is 0 Å². The Kier molecular flexibility index (Phi) is 4.09. The summed E-state index contributed by atoms with van der Waals surface area (Å²) in [5.74, 6) is -0.0969. The molecule has 1 aliphatic rings. The molecular weight excluding hydrogens is 308 g/mol. The summed E-state index contributed by atoms with van der Waals surface area (Å²) in [6.45, 7) is 5.92. The fraction of sp³-hybridized carbons (Fsp3) is 0.412. The third-order valence-electron chi connectivity index (χ3n) is 4.47. The fourth-order valence-electron chi connectivity index (χ4n) is 3.30. The molecule has 3 rings (SSSR count). The monoisotopic (exact) mass is 328 g/mol. The zero-order chi connectivity index (χ0) is 17.4. The number of carbonyl (C=O) groups excluding carboxylic acids is 1. The molecule has 1 aliphatic heterocycles. The summed E-state index contributed by atoms with van der Waals surface area (Å²) in [5.41, 5.74) is 4.02. The molecule has 7 nitrogen and oxygen atoms in total. The molecule has 0 spiro atoms. The van der Waals surface area contributed by atoms with Gasteiger partial charge in [0.25, 0.3) is 0 Å². The zero-order valence-corrected chi connectivity index (χ0v) is 14.1. The van der Waals surface area contributed by atoms with Crippen LogP contribution in [0.1, 0.15) is 28.9 Å². The van der Waals surface area contributed by atoms with Crippen molar-refractivity contribution < 1.29 is 9.72 Å². The lowest BCUT2D eigenvalue weighted by molar-refractivity contribution is -0.386. The lowest BCUT2D eigenvalue weighted by atomic mass is 9.99. The van der Waals surface area contributed by atoms with E-state index in [1.807, 2.05) is 19.1 Å². The molecule has 0 fully saturated rings. The van der Waals surface area contributed by atoms with Crippen LogP contribution < -0.4 is 4.90 Å². The molecule has 0 saturated carbocycles. The molecule has 2 aromatic rings. The van der Waals surface area contributed by atoms with E-state index < -0.39 is 4.92 Å². The van der Waals surface area contributed by atoms with Crippen LogP contribution >= 0.6 is 0 Å². The molecule has 2 heterocycles. The summed E-state index contributed by atoms with van der Waals surface area (Å²) in [6.07, 6.45) is 1.88. The minimum Gasteiger partial charge on any atom is -0.311 e. The molecule has 1 aromatic carbocycles. The van der Waals surface area contributed by atoms with E-state index in [9.17, 15) is 14.9 Å². The highest BCUT2D eigenvalue weighted by atomic mass is 16.6. The Bertz CT molecular complexity index is 825. The minimum absolute atomic E-state index is 0.00777. The number of aromatic nitrogens is 2. The molecular formula is C17H20N4O3. The van der Waals surface area contributed by atoms with Crippen LogP contribution in [0.25, 0.3) is 0 Å². The van der Waals surface area contributed by atoms with Gasteiger partial charge >= 0.3 is 5.69 Å². The van der Waals surface area contributed by atoms with Crippen molar-refractivity contribution in [2.24, 2.45) is 0 Å². The third-order valence-corrected chi connectivity index (χ3v) is 4.47. The van der Waals surface area contributed by atoms with Gasteiger partial charge < -0.3 is 4.90 Å². The quantitative estimate of drug-likeness (QED) is 0.641. The Morgan fingerprint density at radius 3 is 2.75 bits per heavy atom. The van der Waals surface area contributed by atoms with Crippen LogP contribution in [0.5, 0.6) is 0 Å². The van der Waals surface area contributed by atoms with E-state index in [-0.39, 0.29) is 18.1 Å². The number of anilines is 1. The Labute approximate surface area is 140 Å². The molecule has 0 atom stereocenters. The van der Waals surface area contributed by atoms with Gasteiger partial charge in [-0.3, -0.25) is 19.6 Å². The van der Waals surface area contributed by atoms with Crippen molar-refractivity contribution in [3.8, 4) is 0 Å². The summed E-state index contributed by atoms with van der Waals surface area (Å²) in [7, 11) is 0. The van der Waals surface area contributed by atoms with E-state index in [1.54, 1.807) is 18.7 Å². The van der Waals surface area contributed by atoms with E-state index in [1.165, 1.54) is 15.8 Å². The SMILES string of the molecule is Cc1ccc2c(c1)CCCN2C(=O)Cn1nc(C)c([N+](=O)[O-])c1C. The van der Waals surface area contributed by atoms with E-state index in [4.69, 9.17) is 0 Å². The Balaban J connectivity index is 1.87. The van der Waals surface area contributed by atoms with Gasteiger partial charge in [0.1, 0.15) is 17.9 Å². The highest BCUT2D eigenvalue weighted by Crippen LogP contribution is 2.29. The molecule has 0 saturated heterocycles. The first-order valence-electron chi connectivity index (χ1n) is 7.96. The number of amides is 1. The number of aryl methyl sites for hydroxylation is 3. The molecule has 0 radical (unpaired) electrons. The summed E-state index contributed by atoms with van der Waals surface area (Å²) < 4.78 is 1.43. The number of hydrogen-bond acceptors (Lipinski definition) is 4. The average molecular weight is 328 g/mol. The predicted octanol–water partition coefficient (Wildman–Crippen LogP) is 2.70. The number of hydrogen-bond donors (Lipinski definition) is 0. The predicted molar refractivity (Wildman–Crippen MR) is 90.2 cm³/mol. The van der Waals surface area contributed by atoms with Crippen molar-refractivity contribution in [3.63, 3.8) is 0 Å². The molecule has 0 N–H and O–H groups in total. The molecule has 0 aliphatic carbocycles. The van der Waals surface area contributed by atoms with Gasteiger partial charge in [-0.15, -0.1) is 0 Å². The first-order chi connectivity index (χ1) is 11.4. The lowest BCUT2D eigenvalue weighted by Gasteiger charge is -2.30. The highest BCUT2D eigenvalue weighted by molar-refractivity contribution is 5.94. The molecule has 0 unspecified atom stereocenters. The maximum Gasteiger partial charge on any atom is 0.312 e. The molecule has 1 aromatic heterocycles. The van der Waals surface area contributed by atoms with Crippen LogP contribution in [-0.2, 0) is 17.8 Å². The molecule has 126 valence electrons. The fourth-order valence-corrected chi connectivity index (χ4v) is 3.30. The second-order valence-corrected chi connectivity index (χ2v) is 6.22. The molecule has 24 heavy (non-hydrogen) atoms. The number of nitrogens with zero attached hydrogens (tertiary/aromatic N) is 4. The molecule has 7 heteroatoms. The summed E-state index contributed by atoms with van der Waals surface area (Å²) in [5, 5.41) is 15.3.